The van der Waals surface area contributed by atoms with Crippen LogP contribution in [0.2, 0.25) is 36.3 Å². The lowest BCUT2D eigenvalue weighted by Gasteiger charge is -2.49. The molecule has 0 spiro atoms. The van der Waals surface area contributed by atoms with E-state index >= 15 is 0 Å². The van der Waals surface area contributed by atoms with Crippen molar-refractivity contribution < 1.29 is 27.9 Å². The minimum atomic E-state index is -2.09. The summed E-state index contributed by atoms with van der Waals surface area (Å²) in [6, 6.07) is 0. The van der Waals surface area contributed by atoms with Gasteiger partial charge >= 0.3 is 11.9 Å². The molecule has 0 aliphatic heterocycles. The van der Waals surface area contributed by atoms with Crippen molar-refractivity contribution >= 4 is 28.6 Å². The zero-order valence-corrected chi connectivity index (χ0v) is 23.2. The molecule has 1 aliphatic carbocycles. The van der Waals surface area contributed by atoms with Crippen LogP contribution in [0.15, 0.2) is 0 Å². The predicted molar refractivity (Wildman–Crippen MR) is 124 cm³/mol. The second-order valence-corrected chi connectivity index (χ2v) is 21.1. The third kappa shape index (κ3) is 7.17. The molecule has 4 atom stereocenters. The van der Waals surface area contributed by atoms with Gasteiger partial charge in [-0.1, -0.05) is 41.5 Å². The summed E-state index contributed by atoms with van der Waals surface area (Å²) in [5.74, 6) is -0.765. The fourth-order valence-electron chi connectivity index (χ4n) is 3.10. The largest absolute Gasteiger partial charge is 0.459 e. The predicted octanol–water partition coefficient (Wildman–Crippen LogP) is 5.42. The van der Waals surface area contributed by atoms with E-state index in [4.69, 9.17) is 18.3 Å². The van der Waals surface area contributed by atoms with Gasteiger partial charge in [0.1, 0.15) is 12.2 Å². The van der Waals surface area contributed by atoms with Gasteiger partial charge in [0.25, 0.3) is 0 Å². The maximum Gasteiger partial charge on any atom is 0.303 e. The number of hydrogen-bond acceptors (Lipinski definition) is 6. The summed E-state index contributed by atoms with van der Waals surface area (Å²) < 4.78 is 24.7. The first kappa shape index (κ1) is 27.3. The van der Waals surface area contributed by atoms with Crippen LogP contribution < -0.4 is 0 Å². The Hall–Kier alpha value is -0.706. The minimum absolute atomic E-state index is 0.0399. The molecule has 0 amide bonds. The van der Waals surface area contributed by atoms with Crippen molar-refractivity contribution in [1.29, 1.82) is 0 Å². The van der Waals surface area contributed by atoms with Crippen molar-refractivity contribution in [2.45, 2.75) is 129 Å². The summed E-state index contributed by atoms with van der Waals surface area (Å²) in [4.78, 5) is 23.4. The average Bonchev–Trinajstić information content (AvgIpc) is 2.47. The molecular formula is C22H44O6Si2. The molecule has 0 bridgehead atoms. The Morgan fingerprint density at radius 2 is 0.900 bits per heavy atom. The summed E-state index contributed by atoms with van der Waals surface area (Å²) in [7, 11) is -4.18. The summed E-state index contributed by atoms with van der Waals surface area (Å²) in [5, 5.41) is 0.0797. The second-order valence-electron chi connectivity index (χ2n) is 11.6. The fraction of sp³-hybridized carbons (Fsp3) is 0.909. The molecule has 8 heteroatoms. The van der Waals surface area contributed by atoms with Crippen molar-refractivity contribution in [3.05, 3.63) is 0 Å². The standard InChI is InChI=1S/C22H44O6Si2/c1-15(23)25-17-13-19(27-29(9,10)21(3,4)5)20(14-18(17)26-16(2)24)28-30(11,12)22(6,7)8/h17-20H,13-14H2,1-12H3/t17-,18-,19-,20-/m0/s1. The van der Waals surface area contributed by atoms with Gasteiger partial charge in [-0.25, -0.2) is 0 Å². The summed E-state index contributed by atoms with van der Waals surface area (Å²) in [6.45, 7) is 24.9. The van der Waals surface area contributed by atoms with Gasteiger partial charge in [-0.15, -0.1) is 0 Å². The normalized spacial score (nSPS) is 26.3. The smallest absolute Gasteiger partial charge is 0.303 e. The zero-order valence-electron chi connectivity index (χ0n) is 21.2. The van der Waals surface area contributed by atoms with Crippen LogP contribution in [-0.4, -0.2) is 53.0 Å². The van der Waals surface area contributed by atoms with Crippen molar-refractivity contribution in [2.75, 3.05) is 0 Å². The molecule has 6 nitrogen and oxygen atoms in total. The monoisotopic (exact) mass is 460 g/mol. The molecule has 1 rings (SSSR count). The molecule has 0 radical (unpaired) electrons. The highest BCUT2D eigenvalue weighted by Crippen LogP contribution is 2.43. The summed E-state index contributed by atoms with van der Waals surface area (Å²) >= 11 is 0. The maximum absolute atomic E-state index is 11.7. The highest BCUT2D eigenvalue weighted by molar-refractivity contribution is 6.74. The molecule has 0 unspecified atom stereocenters. The van der Waals surface area contributed by atoms with Crippen LogP contribution >= 0.6 is 0 Å². The highest BCUT2D eigenvalue weighted by atomic mass is 28.4. The summed E-state index contributed by atoms with van der Waals surface area (Å²) in [5.41, 5.74) is 0. The van der Waals surface area contributed by atoms with Gasteiger partial charge in [0.2, 0.25) is 0 Å². The van der Waals surface area contributed by atoms with E-state index in [9.17, 15) is 9.59 Å². The molecule has 0 N–H and O–H groups in total. The Balaban J connectivity index is 3.28. The van der Waals surface area contributed by atoms with Crippen molar-refractivity contribution in [3.8, 4) is 0 Å². The van der Waals surface area contributed by atoms with E-state index in [1.807, 2.05) is 0 Å². The van der Waals surface area contributed by atoms with Crippen LogP contribution in [-0.2, 0) is 27.9 Å². The van der Waals surface area contributed by atoms with Gasteiger partial charge < -0.3 is 18.3 Å². The molecular weight excluding hydrogens is 416 g/mol. The first-order valence-corrected chi connectivity index (χ1v) is 16.8. The van der Waals surface area contributed by atoms with Crippen LogP contribution in [0.1, 0.15) is 68.2 Å². The van der Waals surface area contributed by atoms with E-state index in [-0.39, 0.29) is 34.2 Å². The topological polar surface area (TPSA) is 71.1 Å². The van der Waals surface area contributed by atoms with Gasteiger partial charge in [-0.05, 0) is 36.3 Å². The molecule has 0 aromatic heterocycles. The maximum atomic E-state index is 11.7. The minimum Gasteiger partial charge on any atom is -0.459 e. The first-order chi connectivity index (χ1) is 13.3. The summed E-state index contributed by atoms with van der Waals surface area (Å²) in [6.07, 6.45) is -0.555. The van der Waals surface area contributed by atoms with Gasteiger partial charge in [0, 0.05) is 26.7 Å². The zero-order chi connectivity index (χ0) is 23.7. The second kappa shape index (κ2) is 9.42. The van der Waals surface area contributed by atoms with E-state index in [0.717, 1.165) is 0 Å². The van der Waals surface area contributed by atoms with Crippen LogP contribution in [0.5, 0.6) is 0 Å². The van der Waals surface area contributed by atoms with E-state index in [1.54, 1.807) is 0 Å². The molecule has 30 heavy (non-hydrogen) atoms. The number of hydrogen-bond donors (Lipinski definition) is 0. The van der Waals surface area contributed by atoms with E-state index in [0.29, 0.717) is 12.8 Å². The molecule has 0 saturated heterocycles. The molecule has 1 fully saturated rings. The molecule has 1 aliphatic rings. The van der Waals surface area contributed by atoms with Gasteiger partial charge in [0.05, 0.1) is 12.2 Å². The number of rotatable bonds is 6. The lowest BCUT2D eigenvalue weighted by atomic mass is 9.89. The fourth-order valence-corrected chi connectivity index (χ4v) is 5.81. The van der Waals surface area contributed by atoms with Crippen molar-refractivity contribution in [2.24, 2.45) is 0 Å². The van der Waals surface area contributed by atoms with Gasteiger partial charge in [-0.2, -0.15) is 0 Å². The molecule has 0 aromatic carbocycles. The van der Waals surface area contributed by atoms with Crippen LogP contribution in [0.3, 0.4) is 0 Å². The Bertz CT molecular complexity index is 564. The van der Waals surface area contributed by atoms with Gasteiger partial charge in [0.15, 0.2) is 16.6 Å². The lowest BCUT2D eigenvalue weighted by molar-refractivity contribution is -0.179. The number of esters is 2. The molecule has 0 aromatic rings. The molecule has 0 heterocycles. The van der Waals surface area contributed by atoms with E-state index in [2.05, 4.69) is 67.7 Å². The molecule has 1 saturated carbocycles. The Kier molecular flexibility index (Phi) is 8.58. The van der Waals surface area contributed by atoms with Crippen LogP contribution in [0.4, 0.5) is 0 Å². The Morgan fingerprint density at radius 3 is 1.10 bits per heavy atom. The third-order valence-electron chi connectivity index (χ3n) is 6.90. The first-order valence-electron chi connectivity index (χ1n) is 11.0. The van der Waals surface area contributed by atoms with Crippen LogP contribution in [0.25, 0.3) is 0 Å². The lowest BCUT2D eigenvalue weighted by Crippen LogP contribution is -2.57. The van der Waals surface area contributed by atoms with E-state index < -0.39 is 28.8 Å². The average molecular weight is 461 g/mol. The van der Waals surface area contributed by atoms with Crippen molar-refractivity contribution in [3.63, 3.8) is 0 Å². The quantitative estimate of drug-likeness (QED) is 0.389. The number of carbonyl (C=O) groups excluding carboxylic acids is 2. The molecule has 176 valence electrons. The van der Waals surface area contributed by atoms with Crippen LogP contribution in [0, 0.1) is 0 Å². The Morgan fingerprint density at radius 1 is 0.633 bits per heavy atom. The van der Waals surface area contributed by atoms with Crippen molar-refractivity contribution in [1.82, 2.24) is 0 Å². The van der Waals surface area contributed by atoms with Gasteiger partial charge in [-0.3, -0.25) is 9.59 Å². The number of carbonyl (C=O) groups is 2. The SMILES string of the molecule is CC(=O)O[C@H]1C[C@H](O[Si](C)(C)C(C)(C)C)[C@@H](O[Si](C)(C)C(C)(C)C)C[C@@H]1OC(C)=O. The highest BCUT2D eigenvalue weighted by Gasteiger charge is 2.49. The Labute approximate surface area is 185 Å². The third-order valence-corrected chi connectivity index (χ3v) is 15.9. The number of ether oxygens (including phenoxy) is 2. The van der Waals surface area contributed by atoms with E-state index in [1.165, 1.54) is 13.8 Å².